The number of furan rings is 1. The van der Waals surface area contributed by atoms with E-state index in [0.717, 1.165) is 0 Å². The minimum absolute atomic E-state index is 0.223. The van der Waals surface area contributed by atoms with Crippen LogP contribution in [0.15, 0.2) is 44.2 Å². The van der Waals surface area contributed by atoms with Gasteiger partial charge in [0.05, 0.1) is 42.5 Å². The lowest BCUT2D eigenvalue weighted by atomic mass is 9.97. The number of benzene rings is 1. The Morgan fingerprint density at radius 3 is 2.50 bits per heavy atom. The second-order valence-electron chi connectivity index (χ2n) is 11.0. The first-order chi connectivity index (χ1) is 19.8. The molecule has 0 bridgehead atoms. The normalized spacial score (nSPS) is 32.9. The summed E-state index contributed by atoms with van der Waals surface area (Å²) in [5, 5.41) is 73.1. The molecule has 2 aliphatic heterocycles. The van der Waals surface area contributed by atoms with E-state index >= 15 is 0 Å². The molecule has 9 atom stereocenters. The molecule has 0 spiro atoms. The van der Waals surface area contributed by atoms with Crippen LogP contribution in [0, 0.1) is 0 Å². The summed E-state index contributed by atoms with van der Waals surface area (Å²) < 4.78 is 38.7. The first-order valence-electron chi connectivity index (χ1n) is 13.2. The molecular formula is C27H34O15. The van der Waals surface area contributed by atoms with Gasteiger partial charge in [0.1, 0.15) is 65.7 Å². The highest BCUT2D eigenvalue weighted by atomic mass is 16.7. The largest absolute Gasteiger partial charge is 0.489 e. The smallest absolute Gasteiger partial charge is 0.336 e. The molecule has 15 nitrogen and oxygen atoms in total. The zero-order valence-electron chi connectivity index (χ0n) is 22.7. The van der Waals surface area contributed by atoms with E-state index in [1.807, 2.05) is 0 Å². The predicted octanol–water partition coefficient (Wildman–Crippen LogP) is -1.66. The molecule has 2 aliphatic rings. The molecule has 42 heavy (non-hydrogen) atoms. The summed E-state index contributed by atoms with van der Waals surface area (Å²) in [6.45, 7) is 1.03. The van der Waals surface area contributed by atoms with Crippen molar-refractivity contribution in [3.8, 4) is 5.75 Å². The molecule has 232 valence electrons. The maximum Gasteiger partial charge on any atom is 0.336 e. The van der Waals surface area contributed by atoms with Crippen molar-refractivity contribution >= 4 is 21.9 Å². The van der Waals surface area contributed by atoms with Gasteiger partial charge in [-0.15, -0.1) is 0 Å². The van der Waals surface area contributed by atoms with Crippen LogP contribution in [0.25, 0.3) is 21.9 Å². The quantitative estimate of drug-likeness (QED) is 0.129. The van der Waals surface area contributed by atoms with Crippen LogP contribution < -0.4 is 10.4 Å². The van der Waals surface area contributed by atoms with Crippen molar-refractivity contribution in [1.82, 2.24) is 0 Å². The van der Waals surface area contributed by atoms with Gasteiger partial charge in [-0.05, 0) is 26.0 Å². The van der Waals surface area contributed by atoms with E-state index < -0.39 is 85.9 Å². The molecule has 5 rings (SSSR count). The van der Waals surface area contributed by atoms with E-state index in [9.17, 15) is 40.5 Å². The summed E-state index contributed by atoms with van der Waals surface area (Å²) in [4.78, 5) is 11.7. The van der Waals surface area contributed by atoms with E-state index in [4.69, 9.17) is 32.5 Å². The van der Waals surface area contributed by atoms with Crippen molar-refractivity contribution in [3.63, 3.8) is 0 Å². The fourth-order valence-electron chi connectivity index (χ4n) is 4.78. The maximum atomic E-state index is 11.7. The molecule has 7 N–H and O–H groups in total. The highest BCUT2D eigenvalue weighted by Crippen LogP contribution is 2.36. The first-order valence-corrected chi connectivity index (χ1v) is 13.2. The average Bonchev–Trinajstić information content (AvgIpc) is 3.54. The molecule has 0 amide bonds. The van der Waals surface area contributed by atoms with Gasteiger partial charge in [-0.2, -0.15) is 0 Å². The first kappa shape index (κ1) is 30.8. The summed E-state index contributed by atoms with van der Waals surface area (Å²) in [6, 6.07) is 5.97. The van der Waals surface area contributed by atoms with Crippen molar-refractivity contribution in [2.24, 2.45) is 0 Å². The van der Waals surface area contributed by atoms with E-state index in [2.05, 4.69) is 0 Å². The summed E-state index contributed by atoms with van der Waals surface area (Å²) in [7, 11) is 0. The second-order valence-corrected chi connectivity index (χ2v) is 11.0. The monoisotopic (exact) mass is 598 g/mol. The Morgan fingerprint density at radius 2 is 1.79 bits per heavy atom. The lowest BCUT2D eigenvalue weighted by molar-refractivity contribution is -0.337. The van der Waals surface area contributed by atoms with Crippen LogP contribution in [0.5, 0.6) is 5.75 Å². The topological polar surface area (TPSA) is 231 Å². The molecule has 0 unspecified atom stereocenters. The molecule has 0 saturated carbocycles. The predicted molar refractivity (Wildman–Crippen MR) is 139 cm³/mol. The fraction of sp³-hybridized carbons (Fsp3) is 0.593. The Balaban J connectivity index is 1.25. The van der Waals surface area contributed by atoms with Crippen LogP contribution in [-0.4, -0.2) is 123 Å². The number of rotatable bonds is 10. The summed E-state index contributed by atoms with van der Waals surface area (Å²) in [6.07, 6.45) is -10.8. The van der Waals surface area contributed by atoms with Gasteiger partial charge in [0.2, 0.25) is 0 Å². The van der Waals surface area contributed by atoms with Crippen LogP contribution in [0.1, 0.15) is 13.8 Å². The van der Waals surface area contributed by atoms with Gasteiger partial charge < -0.3 is 68.3 Å². The average molecular weight is 599 g/mol. The maximum absolute atomic E-state index is 11.7. The standard InChI is InChI=1S/C27H34O15/c1-26(2,17(29)9-37-22-12-3-4-18(30)40-15(12)7-14-13(22)5-6-36-14)42-24-21(33)20(32)19(31)16(41-24)8-38-25-23(34)27(35,10-28)11-39-25/h3-7,16-17,19-21,23-25,28-29,31-35H,8-11H2,1-2H3/t16-,17-,19-,20+,21-,23+,24+,25-,27+/m1/s1. The van der Waals surface area contributed by atoms with Crippen LogP contribution >= 0.6 is 0 Å². The van der Waals surface area contributed by atoms with Gasteiger partial charge >= 0.3 is 5.63 Å². The Hall–Kier alpha value is -2.67. The molecular weight excluding hydrogens is 564 g/mol. The van der Waals surface area contributed by atoms with Crippen molar-refractivity contribution in [1.29, 1.82) is 0 Å². The Labute approximate surface area is 238 Å². The van der Waals surface area contributed by atoms with Gasteiger partial charge in [-0.3, -0.25) is 0 Å². The lowest BCUT2D eigenvalue weighted by Crippen LogP contribution is -2.62. The Bertz CT molecular complexity index is 1430. The lowest BCUT2D eigenvalue weighted by Gasteiger charge is -2.44. The molecule has 4 heterocycles. The highest BCUT2D eigenvalue weighted by Gasteiger charge is 2.51. The molecule has 2 saturated heterocycles. The SMILES string of the molecule is CC(C)(O[C@@H]1O[C@H](CO[C@@H]2OC[C@@](O)(CO)[C@H]2O)[C@@H](O)[C@H](O)[C@H]1O)[C@H](O)COc1c2ccoc2cc2oc(=O)ccc12. The fourth-order valence-corrected chi connectivity index (χ4v) is 4.78. The van der Waals surface area contributed by atoms with Crippen molar-refractivity contribution < 1.29 is 68.3 Å². The molecule has 0 aliphatic carbocycles. The molecule has 1 aromatic carbocycles. The third kappa shape index (κ3) is 5.78. The summed E-state index contributed by atoms with van der Waals surface area (Å²) >= 11 is 0. The van der Waals surface area contributed by atoms with Crippen LogP contribution in [0.2, 0.25) is 0 Å². The van der Waals surface area contributed by atoms with E-state index in [1.54, 1.807) is 12.1 Å². The number of aliphatic hydroxyl groups excluding tert-OH is 6. The molecule has 3 aromatic rings. The van der Waals surface area contributed by atoms with Gasteiger partial charge in [0, 0.05) is 12.1 Å². The molecule has 0 radical (unpaired) electrons. The minimum Gasteiger partial charge on any atom is -0.489 e. The highest BCUT2D eigenvalue weighted by molar-refractivity contribution is 6.01. The zero-order chi connectivity index (χ0) is 30.4. The van der Waals surface area contributed by atoms with Gasteiger partial charge in [-0.25, -0.2) is 4.79 Å². The minimum atomic E-state index is -1.93. The van der Waals surface area contributed by atoms with E-state index in [0.29, 0.717) is 22.1 Å². The van der Waals surface area contributed by atoms with Crippen LogP contribution in [-0.2, 0) is 18.9 Å². The van der Waals surface area contributed by atoms with Gasteiger partial charge in [0.25, 0.3) is 0 Å². The number of hydrogen-bond donors (Lipinski definition) is 7. The van der Waals surface area contributed by atoms with Crippen molar-refractivity contribution in [2.75, 3.05) is 26.4 Å². The van der Waals surface area contributed by atoms with Crippen LogP contribution in [0.4, 0.5) is 0 Å². The number of aliphatic hydroxyl groups is 7. The summed E-state index contributed by atoms with van der Waals surface area (Å²) in [5.74, 6) is 0.295. The van der Waals surface area contributed by atoms with Crippen LogP contribution in [0.3, 0.4) is 0 Å². The van der Waals surface area contributed by atoms with Gasteiger partial charge in [0.15, 0.2) is 12.6 Å². The Kier molecular flexibility index (Phi) is 8.63. The second kappa shape index (κ2) is 11.8. The molecule has 2 aromatic heterocycles. The third-order valence-electron chi connectivity index (χ3n) is 7.59. The van der Waals surface area contributed by atoms with Crippen molar-refractivity contribution in [3.05, 3.63) is 40.9 Å². The number of ether oxygens (including phenoxy) is 5. The number of fused-ring (bicyclic) bond motifs is 2. The summed E-state index contributed by atoms with van der Waals surface area (Å²) in [5.41, 5.74) is -3.32. The van der Waals surface area contributed by atoms with E-state index in [1.165, 1.54) is 32.2 Å². The number of hydrogen-bond acceptors (Lipinski definition) is 15. The zero-order valence-corrected chi connectivity index (χ0v) is 22.7. The van der Waals surface area contributed by atoms with Crippen molar-refractivity contribution in [2.45, 2.75) is 74.3 Å². The van der Waals surface area contributed by atoms with E-state index in [-0.39, 0.29) is 12.2 Å². The van der Waals surface area contributed by atoms with Gasteiger partial charge in [-0.1, -0.05) is 0 Å². The molecule has 2 fully saturated rings. The third-order valence-corrected chi connectivity index (χ3v) is 7.59. The Morgan fingerprint density at radius 1 is 1.05 bits per heavy atom. The molecule has 15 heteroatoms.